The number of rotatable bonds is 5. The molecule has 3 rings (SSSR count). The lowest BCUT2D eigenvalue weighted by Gasteiger charge is -2.57. The Hall–Kier alpha value is -1.59. The molecule has 3 N–H and O–H groups in total. The molecule has 1 aromatic rings. The van der Waals surface area contributed by atoms with E-state index < -0.39 is 5.54 Å². The molecule has 1 aliphatic carbocycles. The molecule has 1 saturated carbocycles. The fraction of sp³-hybridized carbons (Fsp3) is 0.650. The Bertz CT molecular complexity index is 596. The molecule has 0 radical (unpaired) electrons. The number of ether oxygens (including phenoxy) is 1. The van der Waals surface area contributed by atoms with Gasteiger partial charge in [0.05, 0.1) is 6.10 Å². The Morgan fingerprint density at radius 1 is 1.28 bits per heavy atom. The maximum absolute atomic E-state index is 12.8. The highest BCUT2D eigenvalue weighted by Gasteiger charge is 2.63. The lowest BCUT2D eigenvalue weighted by atomic mass is 9.54. The van der Waals surface area contributed by atoms with E-state index in [2.05, 4.69) is 34.5 Å². The second kappa shape index (κ2) is 6.96. The summed E-state index contributed by atoms with van der Waals surface area (Å²) in [4.78, 5) is 15.2. The highest BCUT2D eigenvalue weighted by Crippen LogP contribution is 2.49. The van der Waals surface area contributed by atoms with Crippen LogP contribution in [0.3, 0.4) is 0 Å². The summed E-state index contributed by atoms with van der Waals surface area (Å²) in [7, 11) is 0. The highest BCUT2D eigenvalue weighted by atomic mass is 16.5. The SMILES string of the molecule is CCOC1CC(N)(C(=O)NC2CCN(c3ccccc3)CC2)C1(C)C. The van der Waals surface area contributed by atoms with E-state index in [4.69, 9.17) is 10.5 Å². The normalized spacial score (nSPS) is 29.1. The van der Waals surface area contributed by atoms with Gasteiger partial charge in [-0.15, -0.1) is 0 Å². The molecule has 1 aliphatic heterocycles. The third-order valence-electron chi connectivity index (χ3n) is 6.19. The van der Waals surface area contributed by atoms with Gasteiger partial charge in [-0.2, -0.15) is 0 Å². The number of nitrogens with one attached hydrogen (secondary N) is 1. The number of anilines is 1. The Morgan fingerprint density at radius 3 is 2.48 bits per heavy atom. The van der Waals surface area contributed by atoms with Gasteiger partial charge in [-0.3, -0.25) is 4.79 Å². The zero-order valence-electron chi connectivity index (χ0n) is 15.6. The van der Waals surface area contributed by atoms with Crippen molar-refractivity contribution in [1.82, 2.24) is 5.32 Å². The molecule has 0 aromatic heterocycles. The molecule has 2 unspecified atom stereocenters. The predicted molar refractivity (Wildman–Crippen MR) is 101 cm³/mol. The van der Waals surface area contributed by atoms with E-state index in [0.29, 0.717) is 13.0 Å². The minimum atomic E-state index is -0.830. The Kier molecular flexibility index (Phi) is 5.07. The quantitative estimate of drug-likeness (QED) is 0.859. The first-order chi connectivity index (χ1) is 11.9. The third-order valence-corrected chi connectivity index (χ3v) is 6.19. The van der Waals surface area contributed by atoms with Crippen molar-refractivity contribution in [3.05, 3.63) is 30.3 Å². The highest BCUT2D eigenvalue weighted by molar-refractivity contribution is 5.89. The van der Waals surface area contributed by atoms with Gasteiger partial charge in [-0.25, -0.2) is 0 Å². The molecule has 2 aliphatic rings. The molecule has 0 spiro atoms. The van der Waals surface area contributed by atoms with Crippen LogP contribution in [0, 0.1) is 5.41 Å². The van der Waals surface area contributed by atoms with Crippen molar-refractivity contribution in [2.45, 2.75) is 57.7 Å². The summed E-state index contributed by atoms with van der Waals surface area (Å²) in [6.07, 6.45) is 2.56. The molecule has 0 bridgehead atoms. The molecule has 2 fully saturated rings. The summed E-state index contributed by atoms with van der Waals surface area (Å²) in [5.41, 5.74) is 6.56. The van der Waals surface area contributed by atoms with Gasteiger partial charge >= 0.3 is 0 Å². The molecule has 25 heavy (non-hydrogen) atoms. The van der Waals surface area contributed by atoms with Gasteiger partial charge < -0.3 is 20.7 Å². The molecule has 1 heterocycles. The summed E-state index contributed by atoms with van der Waals surface area (Å²) in [5, 5.41) is 3.21. The average Bonchev–Trinajstić information content (AvgIpc) is 2.62. The van der Waals surface area contributed by atoms with Crippen molar-refractivity contribution in [1.29, 1.82) is 0 Å². The molecule has 1 aromatic carbocycles. The van der Waals surface area contributed by atoms with Gasteiger partial charge in [0.2, 0.25) is 5.91 Å². The van der Waals surface area contributed by atoms with Crippen LogP contribution in [0.1, 0.15) is 40.0 Å². The minimum Gasteiger partial charge on any atom is -0.378 e. The van der Waals surface area contributed by atoms with E-state index in [0.717, 1.165) is 25.9 Å². The van der Waals surface area contributed by atoms with Crippen molar-refractivity contribution < 1.29 is 9.53 Å². The van der Waals surface area contributed by atoms with Gasteiger partial charge in [-0.1, -0.05) is 32.0 Å². The van der Waals surface area contributed by atoms with Crippen molar-refractivity contribution in [3.63, 3.8) is 0 Å². The maximum atomic E-state index is 12.8. The van der Waals surface area contributed by atoms with Crippen LogP contribution in [0.25, 0.3) is 0 Å². The second-order valence-electron chi connectivity index (χ2n) is 7.91. The van der Waals surface area contributed by atoms with Crippen molar-refractivity contribution in [2.75, 3.05) is 24.6 Å². The number of hydrogen-bond donors (Lipinski definition) is 2. The van der Waals surface area contributed by atoms with Crippen molar-refractivity contribution in [3.8, 4) is 0 Å². The summed E-state index contributed by atoms with van der Waals surface area (Å²) in [5.74, 6) is -0.0217. The number of piperidine rings is 1. The minimum absolute atomic E-state index is 0.0217. The Morgan fingerprint density at radius 2 is 1.92 bits per heavy atom. The standard InChI is InChI=1S/C20H31N3O2/c1-4-25-17-14-20(21,19(17,2)3)18(24)22-15-10-12-23(13-11-15)16-8-6-5-7-9-16/h5-9,15,17H,4,10-14,21H2,1-3H3,(H,22,24). The molecular formula is C20H31N3O2. The summed E-state index contributed by atoms with van der Waals surface area (Å²) in [6, 6.07) is 10.6. The Labute approximate surface area is 150 Å². The van der Waals surface area contributed by atoms with Crippen LogP contribution in [0.2, 0.25) is 0 Å². The number of amides is 1. The van der Waals surface area contributed by atoms with Crippen LogP contribution in [0.4, 0.5) is 5.69 Å². The largest absolute Gasteiger partial charge is 0.378 e. The van der Waals surface area contributed by atoms with E-state index in [1.54, 1.807) is 0 Å². The molecule has 5 heteroatoms. The molecular weight excluding hydrogens is 314 g/mol. The molecule has 138 valence electrons. The number of benzene rings is 1. The third kappa shape index (κ3) is 3.27. The van der Waals surface area contributed by atoms with E-state index in [-0.39, 0.29) is 23.5 Å². The lowest BCUT2D eigenvalue weighted by molar-refractivity contribution is -0.171. The van der Waals surface area contributed by atoms with Crippen molar-refractivity contribution >= 4 is 11.6 Å². The second-order valence-corrected chi connectivity index (χ2v) is 7.91. The molecule has 5 nitrogen and oxygen atoms in total. The number of nitrogens with zero attached hydrogens (tertiary/aromatic N) is 1. The number of hydrogen-bond acceptors (Lipinski definition) is 4. The fourth-order valence-electron chi connectivity index (χ4n) is 4.06. The maximum Gasteiger partial charge on any atom is 0.241 e. The van der Waals surface area contributed by atoms with E-state index in [1.807, 2.05) is 26.8 Å². The average molecular weight is 345 g/mol. The van der Waals surface area contributed by atoms with E-state index >= 15 is 0 Å². The van der Waals surface area contributed by atoms with Crippen LogP contribution in [0.5, 0.6) is 0 Å². The fourth-order valence-corrected chi connectivity index (χ4v) is 4.06. The topological polar surface area (TPSA) is 67.6 Å². The van der Waals surface area contributed by atoms with Crippen LogP contribution in [-0.2, 0) is 9.53 Å². The number of carbonyl (C=O) groups is 1. The first kappa shape index (κ1) is 18.2. The number of carbonyl (C=O) groups excluding carboxylic acids is 1. The monoisotopic (exact) mass is 345 g/mol. The smallest absolute Gasteiger partial charge is 0.241 e. The van der Waals surface area contributed by atoms with E-state index in [1.165, 1.54) is 5.69 Å². The van der Waals surface area contributed by atoms with Crippen LogP contribution in [0.15, 0.2) is 30.3 Å². The van der Waals surface area contributed by atoms with Gasteiger partial charge in [0, 0.05) is 43.3 Å². The first-order valence-corrected chi connectivity index (χ1v) is 9.40. The molecule has 1 saturated heterocycles. The summed E-state index contributed by atoms with van der Waals surface area (Å²) in [6.45, 7) is 8.62. The Balaban J connectivity index is 1.53. The van der Waals surface area contributed by atoms with E-state index in [9.17, 15) is 4.79 Å². The summed E-state index contributed by atoms with van der Waals surface area (Å²) >= 11 is 0. The van der Waals surface area contributed by atoms with Crippen molar-refractivity contribution in [2.24, 2.45) is 11.1 Å². The first-order valence-electron chi connectivity index (χ1n) is 9.40. The lowest BCUT2D eigenvalue weighted by Crippen LogP contribution is -2.76. The van der Waals surface area contributed by atoms with Gasteiger partial charge in [0.1, 0.15) is 5.54 Å². The predicted octanol–water partition coefficient (Wildman–Crippen LogP) is 2.30. The summed E-state index contributed by atoms with van der Waals surface area (Å²) < 4.78 is 5.73. The zero-order valence-corrected chi connectivity index (χ0v) is 15.6. The van der Waals surface area contributed by atoms with Gasteiger partial charge in [0.25, 0.3) is 0 Å². The molecule has 1 amide bonds. The zero-order chi connectivity index (χ0) is 18.1. The molecule has 2 atom stereocenters. The number of nitrogens with two attached hydrogens (primary N) is 1. The van der Waals surface area contributed by atoms with Crippen LogP contribution >= 0.6 is 0 Å². The van der Waals surface area contributed by atoms with Gasteiger partial charge in [-0.05, 0) is 31.9 Å². The van der Waals surface area contributed by atoms with Gasteiger partial charge in [0.15, 0.2) is 0 Å². The number of para-hydroxylation sites is 1. The van der Waals surface area contributed by atoms with Crippen LogP contribution < -0.4 is 16.0 Å². The van der Waals surface area contributed by atoms with Crippen LogP contribution in [-0.4, -0.2) is 43.3 Å².